The van der Waals surface area contributed by atoms with Crippen LogP contribution in [0.1, 0.15) is 6.42 Å². The highest BCUT2D eigenvalue weighted by molar-refractivity contribution is 6.02. The zero-order chi connectivity index (χ0) is 10.6. The van der Waals surface area contributed by atoms with Gasteiger partial charge in [0.1, 0.15) is 12.2 Å². The van der Waals surface area contributed by atoms with Crippen LogP contribution >= 0.6 is 24.8 Å². The van der Waals surface area contributed by atoms with Crippen molar-refractivity contribution in [2.45, 2.75) is 6.42 Å². The molecule has 0 saturated heterocycles. The summed E-state index contributed by atoms with van der Waals surface area (Å²) in [6, 6.07) is 5.21. The summed E-state index contributed by atoms with van der Waals surface area (Å²) in [6.45, 7) is 0. The third kappa shape index (κ3) is 6.21. The Hall–Kier alpha value is -1.33. The highest BCUT2D eigenvalue weighted by Crippen LogP contribution is 2.08. The van der Waals surface area contributed by atoms with Gasteiger partial charge in [0.05, 0.1) is 0 Å². The molecule has 0 heterocycles. The first kappa shape index (κ1) is 17.1. The van der Waals surface area contributed by atoms with Gasteiger partial charge in [0, 0.05) is 5.69 Å². The van der Waals surface area contributed by atoms with Crippen molar-refractivity contribution in [2.24, 2.45) is 5.73 Å². The molecule has 0 aliphatic heterocycles. The maximum Gasteiger partial charge on any atom is 0.233 e. The summed E-state index contributed by atoms with van der Waals surface area (Å²) in [4.78, 5) is 21.4. The first-order valence-electron chi connectivity index (χ1n) is 3.91. The lowest BCUT2D eigenvalue weighted by molar-refractivity contribution is -0.124. The van der Waals surface area contributed by atoms with Crippen molar-refractivity contribution in [2.75, 3.05) is 5.32 Å². The zero-order valence-corrected chi connectivity index (χ0v) is 9.74. The summed E-state index contributed by atoms with van der Waals surface area (Å²) in [6.07, 6.45) is -0.378. The van der Waals surface area contributed by atoms with Crippen LogP contribution in [0.25, 0.3) is 0 Å². The van der Waals surface area contributed by atoms with E-state index < -0.39 is 17.6 Å². The Morgan fingerprint density at radius 2 is 1.69 bits per heavy atom. The number of primary amides is 1. The Morgan fingerprint density at radius 3 is 2.12 bits per heavy atom. The molecule has 0 unspecified atom stereocenters. The van der Waals surface area contributed by atoms with Gasteiger partial charge in [-0.2, -0.15) is 0 Å². The maximum absolute atomic E-state index is 12.4. The van der Waals surface area contributed by atoms with Crippen LogP contribution in [0.4, 0.5) is 10.1 Å². The second kappa shape index (κ2) is 7.90. The van der Waals surface area contributed by atoms with Crippen molar-refractivity contribution in [1.82, 2.24) is 0 Å². The summed E-state index contributed by atoms with van der Waals surface area (Å²) < 4.78 is 12.4. The summed E-state index contributed by atoms with van der Waals surface area (Å²) in [5.74, 6) is -1.60. The molecule has 0 aliphatic carbocycles. The van der Waals surface area contributed by atoms with Crippen molar-refractivity contribution in [1.29, 1.82) is 0 Å². The molecule has 7 heteroatoms. The monoisotopic (exact) mass is 268 g/mol. The Bertz CT molecular complexity index is 357. The summed E-state index contributed by atoms with van der Waals surface area (Å²) in [5.41, 5.74) is 5.24. The number of halogens is 3. The van der Waals surface area contributed by atoms with E-state index in [1.165, 1.54) is 24.3 Å². The molecule has 2 amide bonds. The average molecular weight is 269 g/mol. The van der Waals surface area contributed by atoms with Crippen molar-refractivity contribution in [3.05, 3.63) is 30.1 Å². The van der Waals surface area contributed by atoms with Crippen LogP contribution in [0, 0.1) is 5.82 Å². The summed E-state index contributed by atoms with van der Waals surface area (Å²) in [5, 5.41) is 2.39. The number of rotatable bonds is 3. The predicted molar refractivity (Wildman–Crippen MR) is 63.3 cm³/mol. The Balaban J connectivity index is 0. The van der Waals surface area contributed by atoms with E-state index in [0.717, 1.165) is 0 Å². The third-order valence-electron chi connectivity index (χ3n) is 1.46. The molecule has 0 radical (unpaired) electrons. The topological polar surface area (TPSA) is 72.2 Å². The number of nitrogens with two attached hydrogens (primary N) is 1. The highest BCUT2D eigenvalue weighted by atomic mass is 35.5. The molecule has 0 spiro atoms. The van der Waals surface area contributed by atoms with Gasteiger partial charge in [-0.15, -0.1) is 24.8 Å². The molecular weight excluding hydrogens is 258 g/mol. The fraction of sp³-hybridized carbons (Fsp3) is 0.111. The van der Waals surface area contributed by atoms with Crippen molar-refractivity contribution >= 4 is 42.3 Å². The zero-order valence-electron chi connectivity index (χ0n) is 8.10. The minimum absolute atomic E-state index is 0. The molecule has 90 valence electrons. The SMILES string of the molecule is Cl.Cl.NC(=O)CC(=O)Nc1ccc(F)cc1. The lowest BCUT2D eigenvalue weighted by atomic mass is 10.3. The van der Waals surface area contributed by atoms with Gasteiger partial charge < -0.3 is 11.1 Å². The molecule has 4 nitrogen and oxygen atoms in total. The van der Waals surface area contributed by atoms with Gasteiger partial charge in [-0.25, -0.2) is 4.39 Å². The fourth-order valence-electron chi connectivity index (χ4n) is 0.897. The quantitative estimate of drug-likeness (QED) is 0.816. The van der Waals surface area contributed by atoms with Gasteiger partial charge in [-0.1, -0.05) is 0 Å². The fourth-order valence-corrected chi connectivity index (χ4v) is 0.897. The average Bonchev–Trinajstić information content (AvgIpc) is 2.07. The van der Waals surface area contributed by atoms with Crippen molar-refractivity contribution < 1.29 is 14.0 Å². The molecule has 0 fully saturated rings. The second-order valence-corrected chi connectivity index (χ2v) is 2.70. The number of nitrogens with one attached hydrogen (secondary N) is 1. The van der Waals surface area contributed by atoms with Crippen LogP contribution in [0.15, 0.2) is 24.3 Å². The third-order valence-corrected chi connectivity index (χ3v) is 1.46. The van der Waals surface area contributed by atoms with E-state index >= 15 is 0 Å². The molecule has 1 aromatic rings. The lowest BCUT2D eigenvalue weighted by Gasteiger charge is -2.02. The molecule has 1 aromatic carbocycles. The normalized spacial score (nSPS) is 8.31. The molecule has 16 heavy (non-hydrogen) atoms. The molecule has 1 rings (SSSR count). The van der Waals surface area contributed by atoms with Crippen molar-refractivity contribution in [3.63, 3.8) is 0 Å². The van der Waals surface area contributed by atoms with E-state index in [1.54, 1.807) is 0 Å². The van der Waals surface area contributed by atoms with Crippen molar-refractivity contribution in [3.8, 4) is 0 Å². The van der Waals surface area contributed by atoms with E-state index in [0.29, 0.717) is 5.69 Å². The van der Waals surface area contributed by atoms with Crippen LogP contribution < -0.4 is 11.1 Å². The first-order chi connectivity index (χ1) is 6.58. The Labute approximate surface area is 104 Å². The van der Waals surface area contributed by atoms with Crippen LogP contribution in [0.2, 0.25) is 0 Å². The summed E-state index contributed by atoms with van der Waals surface area (Å²) in [7, 11) is 0. The maximum atomic E-state index is 12.4. The predicted octanol–water partition coefficient (Wildman–Crippen LogP) is 1.48. The van der Waals surface area contributed by atoms with Crippen LogP contribution in [0.3, 0.4) is 0 Å². The number of hydrogen-bond donors (Lipinski definition) is 2. The van der Waals surface area contributed by atoms with E-state index in [-0.39, 0.29) is 31.2 Å². The van der Waals surface area contributed by atoms with Gasteiger partial charge in [0.15, 0.2) is 0 Å². The van der Waals surface area contributed by atoms with E-state index in [2.05, 4.69) is 5.32 Å². The largest absolute Gasteiger partial charge is 0.369 e. The van der Waals surface area contributed by atoms with Gasteiger partial charge in [-0.05, 0) is 24.3 Å². The Morgan fingerprint density at radius 1 is 1.19 bits per heavy atom. The van der Waals surface area contributed by atoms with E-state index in [1.807, 2.05) is 0 Å². The number of benzene rings is 1. The minimum atomic E-state index is -0.704. The summed E-state index contributed by atoms with van der Waals surface area (Å²) >= 11 is 0. The highest BCUT2D eigenvalue weighted by Gasteiger charge is 2.05. The molecule has 0 atom stereocenters. The molecule has 0 saturated carbocycles. The van der Waals surface area contributed by atoms with E-state index in [9.17, 15) is 14.0 Å². The molecular formula is C9H11Cl2FN2O2. The van der Waals surface area contributed by atoms with Crippen LogP contribution in [-0.4, -0.2) is 11.8 Å². The standard InChI is InChI=1S/C9H9FN2O2.2ClH/c10-6-1-3-7(4-2-6)12-9(14)5-8(11)13;;/h1-4H,5H2,(H2,11,13)(H,12,14);2*1H. The van der Waals surface area contributed by atoms with Gasteiger partial charge in [0.2, 0.25) is 11.8 Å². The number of hydrogen-bond acceptors (Lipinski definition) is 2. The van der Waals surface area contributed by atoms with Crippen LogP contribution in [0.5, 0.6) is 0 Å². The molecule has 0 bridgehead atoms. The van der Waals surface area contributed by atoms with Gasteiger partial charge in [-0.3, -0.25) is 9.59 Å². The minimum Gasteiger partial charge on any atom is -0.369 e. The van der Waals surface area contributed by atoms with Gasteiger partial charge in [0.25, 0.3) is 0 Å². The second-order valence-electron chi connectivity index (χ2n) is 2.70. The number of carbonyl (C=O) groups excluding carboxylic acids is 2. The molecule has 3 N–H and O–H groups in total. The Kier molecular flexibility index (Phi) is 8.43. The smallest absolute Gasteiger partial charge is 0.233 e. The molecule has 0 aromatic heterocycles. The van der Waals surface area contributed by atoms with Gasteiger partial charge >= 0.3 is 0 Å². The number of carbonyl (C=O) groups is 2. The number of anilines is 1. The van der Waals surface area contributed by atoms with E-state index in [4.69, 9.17) is 5.73 Å². The number of amides is 2. The molecule has 0 aliphatic rings. The lowest BCUT2D eigenvalue weighted by Crippen LogP contribution is -2.21. The first-order valence-corrected chi connectivity index (χ1v) is 3.91. The van der Waals surface area contributed by atoms with Crippen LogP contribution in [-0.2, 0) is 9.59 Å².